The minimum absolute atomic E-state index is 0.00840. The van der Waals surface area contributed by atoms with Crippen LogP contribution in [-0.2, 0) is 23.1 Å². The van der Waals surface area contributed by atoms with Gasteiger partial charge in [-0.3, -0.25) is 13.8 Å². The van der Waals surface area contributed by atoms with Gasteiger partial charge in [-0.1, -0.05) is 52.4 Å². The molecule has 0 aliphatic carbocycles. The van der Waals surface area contributed by atoms with Crippen LogP contribution in [0.4, 0.5) is 0 Å². The lowest BCUT2D eigenvalue weighted by Gasteiger charge is -2.24. The molecule has 0 amide bonds. The fourth-order valence-corrected chi connectivity index (χ4v) is 4.49. The largest absolute Gasteiger partial charge is 0.472 e. The van der Waals surface area contributed by atoms with Gasteiger partial charge < -0.3 is 14.1 Å². The number of unbranched alkanes of at least 4 members (excludes halogenated alkanes) is 8. The van der Waals surface area contributed by atoms with E-state index in [0.29, 0.717) is 16.8 Å². The highest BCUT2D eigenvalue weighted by Crippen LogP contribution is 2.43. The van der Waals surface area contributed by atoms with Gasteiger partial charge in [0.25, 0.3) is 0 Å². The summed E-state index contributed by atoms with van der Waals surface area (Å²) in [6, 6.07) is 0. The van der Waals surface area contributed by atoms with Crippen LogP contribution in [0.1, 0.15) is 78.1 Å². The highest BCUT2D eigenvalue weighted by molar-refractivity contribution is 7.99. The molecule has 0 saturated carbocycles. The Bertz CT molecular complexity index is 629. The molecule has 0 rings (SSSR count). The molecule has 0 aromatic rings. The van der Waals surface area contributed by atoms with Crippen LogP contribution < -0.4 is 0 Å². The highest BCUT2D eigenvalue weighted by Gasteiger charge is 2.23. The lowest BCUT2D eigenvalue weighted by molar-refractivity contribution is -0.870. The second-order valence-electron chi connectivity index (χ2n) is 9.74. The number of likely N-dealkylation sites (N-methyl/N-ethyl adjacent to an activating group) is 1. The van der Waals surface area contributed by atoms with E-state index in [1.807, 2.05) is 21.1 Å². The normalized spacial score (nSPS) is 14.2. The van der Waals surface area contributed by atoms with Gasteiger partial charge in [-0.25, -0.2) is 4.57 Å². The molecule has 0 aromatic heterocycles. The summed E-state index contributed by atoms with van der Waals surface area (Å²) in [6.07, 6.45) is 12.0. The van der Waals surface area contributed by atoms with Crippen molar-refractivity contribution in [3.8, 4) is 11.8 Å². The number of rotatable bonds is 21. The lowest BCUT2D eigenvalue weighted by Crippen LogP contribution is -2.37. The van der Waals surface area contributed by atoms with Crippen LogP contribution in [0.25, 0.3) is 0 Å². The van der Waals surface area contributed by atoms with Crippen LogP contribution in [0.2, 0.25) is 0 Å². The van der Waals surface area contributed by atoms with Gasteiger partial charge in [-0.2, -0.15) is 11.8 Å². The third kappa shape index (κ3) is 24.6. The number of phosphoric ester groups is 1. The molecular weight excluding hydrogens is 473 g/mol. The number of hydrogen-bond donors (Lipinski definition) is 1. The molecule has 2 unspecified atom stereocenters. The van der Waals surface area contributed by atoms with E-state index in [1.54, 1.807) is 18.7 Å². The maximum Gasteiger partial charge on any atom is 0.472 e. The van der Waals surface area contributed by atoms with Crippen molar-refractivity contribution in [2.75, 3.05) is 59.0 Å². The molecule has 2 atom stereocenters. The molecule has 0 aromatic carbocycles. The molecule has 1 N–H and O–H groups in total. The van der Waals surface area contributed by atoms with Gasteiger partial charge in [-0.05, 0) is 18.6 Å². The summed E-state index contributed by atoms with van der Waals surface area (Å²) in [6.45, 7) is 4.76. The zero-order valence-corrected chi connectivity index (χ0v) is 23.9. The van der Waals surface area contributed by atoms with Crippen molar-refractivity contribution in [1.29, 1.82) is 0 Å². The van der Waals surface area contributed by atoms with Gasteiger partial charge in [0.2, 0.25) is 0 Å². The number of quaternary nitrogens is 1. The van der Waals surface area contributed by atoms with E-state index in [0.717, 1.165) is 25.0 Å². The van der Waals surface area contributed by atoms with E-state index in [9.17, 15) is 14.3 Å². The van der Waals surface area contributed by atoms with Crippen LogP contribution in [0.3, 0.4) is 0 Å². The maximum atomic E-state index is 11.9. The molecule has 0 fully saturated rings. The van der Waals surface area contributed by atoms with Gasteiger partial charge in [0.05, 0.1) is 40.1 Å². The van der Waals surface area contributed by atoms with E-state index in [1.165, 1.54) is 44.9 Å². The van der Waals surface area contributed by atoms with Gasteiger partial charge in [0.15, 0.2) is 0 Å². The summed E-state index contributed by atoms with van der Waals surface area (Å²) in [5, 5.41) is 0. The molecule has 0 spiro atoms. The van der Waals surface area contributed by atoms with Crippen molar-refractivity contribution in [2.24, 2.45) is 5.92 Å². The zero-order valence-electron chi connectivity index (χ0n) is 22.2. The van der Waals surface area contributed by atoms with Gasteiger partial charge >= 0.3 is 13.8 Å². The number of carbonyl (C=O) groups excluding carboxylic acids is 1. The van der Waals surface area contributed by atoms with Crippen molar-refractivity contribution < 1.29 is 32.5 Å². The number of phosphoric acid groups is 1. The van der Waals surface area contributed by atoms with Crippen molar-refractivity contribution in [3.63, 3.8) is 0 Å². The summed E-state index contributed by atoms with van der Waals surface area (Å²) in [4.78, 5) is 21.6. The second kappa shape index (κ2) is 20.6. The summed E-state index contributed by atoms with van der Waals surface area (Å²) in [7, 11) is 1.82. The van der Waals surface area contributed by atoms with Crippen molar-refractivity contribution in [3.05, 3.63) is 0 Å². The average Bonchev–Trinajstić information content (AvgIpc) is 2.75. The van der Waals surface area contributed by atoms with Crippen LogP contribution in [0.15, 0.2) is 0 Å². The molecular formula is C25H49NO6PS+. The molecule has 9 heteroatoms. The third-order valence-electron chi connectivity index (χ3n) is 4.93. The average molecular weight is 523 g/mol. The smallest absolute Gasteiger partial charge is 0.465 e. The Hall–Kier alpha value is -0.550. The van der Waals surface area contributed by atoms with Crippen LogP contribution >= 0.6 is 19.6 Å². The number of carbonyl (C=O) groups is 1. The van der Waals surface area contributed by atoms with Crippen LogP contribution in [0.5, 0.6) is 0 Å². The standard InChI is InChI=1S/C25H48NO6PS/c1-6-7-8-9-10-11-12-13-14-15-16-17-20-34-23-25(27)30-21-24(2)22-32-33(28,29)31-19-18-26(3,4)5/h24H,6,9-23H2,1-5H3/p+1. The zero-order chi connectivity index (χ0) is 25.7. The minimum Gasteiger partial charge on any atom is -0.465 e. The summed E-state index contributed by atoms with van der Waals surface area (Å²) < 4.78 is 27.7. The predicted molar refractivity (Wildman–Crippen MR) is 142 cm³/mol. The van der Waals surface area contributed by atoms with E-state index in [4.69, 9.17) is 13.8 Å². The van der Waals surface area contributed by atoms with Gasteiger partial charge in [0, 0.05) is 18.8 Å². The number of ether oxygens (including phenoxy) is 1. The van der Waals surface area contributed by atoms with Gasteiger partial charge in [-0.15, -0.1) is 11.8 Å². The highest BCUT2D eigenvalue weighted by atomic mass is 32.2. The molecule has 0 heterocycles. The second-order valence-corrected chi connectivity index (χ2v) is 12.3. The Kier molecular flexibility index (Phi) is 20.3. The predicted octanol–water partition coefficient (Wildman–Crippen LogP) is 5.66. The van der Waals surface area contributed by atoms with Crippen molar-refractivity contribution >= 4 is 25.6 Å². The number of hydrogen-bond acceptors (Lipinski definition) is 6. The molecule has 0 aliphatic heterocycles. The summed E-state index contributed by atoms with van der Waals surface area (Å²) in [5.41, 5.74) is 0. The lowest BCUT2D eigenvalue weighted by atomic mass is 10.1. The molecule has 7 nitrogen and oxygen atoms in total. The van der Waals surface area contributed by atoms with E-state index >= 15 is 0 Å². The summed E-state index contributed by atoms with van der Waals surface area (Å²) in [5.74, 6) is 7.15. The van der Waals surface area contributed by atoms with Crippen LogP contribution in [-0.4, -0.2) is 74.4 Å². The Morgan fingerprint density at radius 2 is 1.59 bits per heavy atom. The molecule has 0 radical (unpaired) electrons. The SMILES string of the molecule is CCC#CCCCCCCCCCCSCC(=O)OCC(C)COP(=O)(O)OCC[N+](C)(C)C. The van der Waals surface area contributed by atoms with E-state index < -0.39 is 7.82 Å². The molecule has 34 heavy (non-hydrogen) atoms. The Morgan fingerprint density at radius 1 is 0.971 bits per heavy atom. The number of nitrogens with zero attached hydrogens (tertiary/aromatic N) is 1. The Morgan fingerprint density at radius 3 is 2.21 bits per heavy atom. The minimum atomic E-state index is -4.08. The first kappa shape index (κ1) is 33.4. The third-order valence-corrected chi connectivity index (χ3v) is 6.93. The first-order chi connectivity index (χ1) is 16.1. The fraction of sp³-hybridized carbons (Fsp3) is 0.880. The quantitative estimate of drug-likeness (QED) is 0.0684. The van der Waals surface area contributed by atoms with Crippen LogP contribution in [0, 0.1) is 17.8 Å². The monoisotopic (exact) mass is 522 g/mol. The molecule has 200 valence electrons. The first-order valence-electron chi connectivity index (χ1n) is 12.7. The van der Waals surface area contributed by atoms with E-state index in [-0.39, 0.29) is 31.7 Å². The Labute approximate surface area is 212 Å². The van der Waals surface area contributed by atoms with E-state index in [2.05, 4.69) is 18.8 Å². The number of thioether (sulfide) groups is 1. The fourth-order valence-electron chi connectivity index (χ4n) is 2.86. The van der Waals surface area contributed by atoms with Crippen molar-refractivity contribution in [1.82, 2.24) is 0 Å². The number of esters is 1. The first-order valence-corrected chi connectivity index (χ1v) is 15.3. The maximum absolute atomic E-state index is 11.9. The summed E-state index contributed by atoms with van der Waals surface area (Å²) >= 11 is 1.60. The Balaban J connectivity index is 3.58. The van der Waals surface area contributed by atoms with Gasteiger partial charge in [0.1, 0.15) is 13.2 Å². The molecule has 0 bridgehead atoms. The molecule has 0 saturated heterocycles. The molecule has 0 aliphatic rings. The topological polar surface area (TPSA) is 82.1 Å². The van der Waals surface area contributed by atoms with Crippen molar-refractivity contribution in [2.45, 2.75) is 78.1 Å².